The van der Waals surface area contributed by atoms with Gasteiger partial charge in [-0.2, -0.15) is 0 Å². The van der Waals surface area contributed by atoms with Crippen LogP contribution in [0.5, 0.6) is 0 Å². The van der Waals surface area contributed by atoms with Gasteiger partial charge in [0.05, 0.1) is 0 Å². The molecule has 1 unspecified atom stereocenters. The maximum Gasteiger partial charge on any atom is 0.306 e. The maximum atomic E-state index is 12.8. The van der Waals surface area contributed by atoms with E-state index in [1.807, 2.05) is 0 Å². The highest BCUT2D eigenvalue weighted by molar-refractivity contribution is 5.71. The third-order valence-corrected chi connectivity index (χ3v) is 13.7. The van der Waals surface area contributed by atoms with Crippen LogP contribution in [0.25, 0.3) is 0 Å². The molecule has 64 heavy (non-hydrogen) atoms. The Morgan fingerprint density at radius 1 is 0.312 bits per heavy atom. The summed E-state index contributed by atoms with van der Waals surface area (Å²) in [4.78, 5) is 38.1. The van der Waals surface area contributed by atoms with Crippen LogP contribution in [-0.2, 0) is 28.6 Å². The molecule has 0 aliphatic carbocycles. The van der Waals surface area contributed by atoms with Crippen molar-refractivity contribution >= 4 is 17.9 Å². The van der Waals surface area contributed by atoms with Crippen molar-refractivity contribution in [3.8, 4) is 0 Å². The lowest BCUT2D eigenvalue weighted by atomic mass is 9.99. The topological polar surface area (TPSA) is 78.9 Å². The number of esters is 3. The van der Waals surface area contributed by atoms with Crippen molar-refractivity contribution in [2.24, 2.45) is 5.92 Å². The van der Waals surface area contributed by atoms with E-state index in [9.17, 15) is 14.4 Å². The molecule has 6 heteroatoms. The minimum absolute atomic E-state index is 0.0620. The Bertz CT molecular complexity index is 966. The lowest BCUT2D eigenvalue weighted by Gasteiger charge is -2.18. The normalized spacial score (nSPS) is 12.4. The van der Waals surface area contributed by atoms with Crippen LogP contribution in [0, 0.1) is 5.92 Å². The van der Waals surface area contributed by atoms with E-state index in [0.717, 1.165) is 63.7 Å². The van der Waals surface area contributed by atoms with Crippen molar-refractivity contribution in [1.82, 2.24) is 0 Å². The average Bonchev–Trinajstić information content (AvgIpc) is 3.29. The molecule has 0 rings (SSSR count). The molecule has 0 aromatic carbocycles. The summed E-state index contributed by atoms with van der Waals surface area (Å²) < 4.78 is 16.9. The molecule has 0 aliphatic rings. The monoisotopic (exact) mass is 905 g/mol. The summed E-state index contributed by atoms with van der Waals surface area (Å²) in [5.41, 5.74) is 0. The van der Waals surface area contributed by atoms with Gasteiger partial charge >= 0.3 is 17.9 Å². The highest BCUT2D eigenvalue weighted by atomic mass is 16.6. The molecule has 0 aliphatic heterocycles. The standard InChI is InChI=1S/C58H112O6/c1-5-8-10-12-14-16-18-19-20-21-22-23-27-30-34-38-42-46-50-57(60)63-53-55(52-62-56(59)49-45-41-37-33-17-15-13-11-9-6-2)64-58(61)51-47-43-39-35-31-28-25-24-26-29-32-36-40-44-48-54(4)7-3/h54-55H,5-53H2,1-4H3/t54?,55-/m0/s1. The maximum absolute atomic E-state index is 12.8. The Morgan fingerprint density at radius 3 is 0.812 bits per heavy atom. The van der Waals surface area contributed by atoms with Crippen LogP contribution in [0.3, 0.4) is 0 Å². The van der Waals surface area contributed by atoms with E-state index in [-0.39, 0.29) is 31.1 Å². The molecule has 380 valence electrons. The van der Waals surface area contributed by atoms with Gasteiger partial charge in [-0.3, -0.25) is 14.4 Å². The highest BCUT2D eigenvalue weighted by Gasteiger charge is 2.19. The number of rotatable bonds is 53. The van der Waals surface area contributed by atoms with Crippen LogP contribution in [-0.4, -0.2) is 37.2 Å². The largest absolute Gasteiger partial charge is 0.462 e. The molecule has 0 amide bonds. The predicted octanol–water partition coefficient (Wildman–Crippen LogP) is 19.0. The lowest BCUT2D eigenvalue weighted by Crippen LogP contribution is -2.30. The highest BCUT2D eigenvalue weighted by Crippen LogP contribution is 2.18. The first-order valence-electron chi connectivity index (χ1n) is 28.9. The van der Waals surface area contributed by atoms with Gasteiger partial charge in [-0.1, -0.05) is 291 Å². The van der Waals surface area contributed by atoms with Gasteiger partial charge < -0.3 is 14.2 Å². The second kappa shape index (κ2) is 52.4. The van der Waals surface area contributed by atoms with Crippen LogP contribution in [0.2, 0.25) is 0 Å². The molecule has 0 spiro atoms. The summed E-state index contributed by atoms with van der Waals surface area (Å²) in [6.45, 7) is 9.09. The zero-order valence-electron chi connectivity index (χ0n) is 43.8. The van der Waals surface area contributed by atoms with Crippen molar-refractivity contribution in [2.45, 2.75) is 336 Å². The third kappa shape index (κ3) is 49.8. The van der Waals surface area contributed by atoms with E-state index in [2.05, 4.69) is 27.7 Å². The molecular formula is C58H112O6. The van der Waals surface area contributed by atoms with Crippen LogP contribution in [0.1, 0.15) is 329 Å². The second-order valence-electron chi connectivity index (χ2n) is 20.2. The van der Waals surface area contributed by atoms with E-state index in [1.165, 1.54) is 225 Å². The van der Waals surface area contributed by atoms with Crippen molar-refractivity contribution in [2.75, 3.05) is 13.2 Å². The summed E-state index contributed by atoms with van der Waals surface area (Å²) in [5.74, 6) is 0.0567. The minimum atomic E-state index is -0.761. The van der Waals surface area contributed by atoms with Gasteiger partial charge in [-0.15, -0.1) is 0 Å². The van der Waals surface area contributed by atoms with Gasteiger partial charge in [-0.05, 0) is 25.2 Å². The van der Waals surface area contributed by atoms with Crippen LogP contribution in [0.4, 0.5) is 0 Å². The molecule has 0 aromatic heterocycles. The molecule has 2 atom stereocenters. The van der Waals surface area contributed by atoms with Crippen LogP contribution < -0.4 is 0 Å². The summed E-state index contributed by atoms with van der Waals surface area (Å²) in [7, 11) is 0. The Hall–Kier alpha value is -1.59. The lowest BCUT2D eigenvalue weighted by molar-refractivity contribution is -0.167. The molecule has 0 aromatic rings. The molecule has 0 saturated carbocycles. The SMILES string of the molecule is CCCCCCCCCCCCCCCCCCCCC(=O)OC[C@H](COC(=O)CCCCCCCCCCCC)OC(=O)CCCCCCCCCCCCCCCCC(C)CC. The van der Waals surface area contributed by atoms with Crippen molar-refractivity contribution in [3.63, 3.8) is 0 Å². The van der Waals surface area contributed by atoms with Gasteiger partial charge in [0.25, 0.3) is 0 Å². The van der Waals surface area contributed by atoms with Crippen LogP contribution in [0.15, 0.2) is 0 Å². The molecule has 0 bridgehead atoms. The third-order valence-electron chi connectivity index (χ3n) is 13.7. The van der Waals surface area contributed by atoms with Crippen molar-refractivity contribution < 1.29 is 28.6 Å². The van der Waals surface area contributed by atoms with E-state index in [0.29, 0.717) is 19.3 Å². The number of hydrogen-bond acceptors (Lipinski definition) is 6. The smallest absolute Gasteiger partial charge is 0.306 e. The Balaban J connectivity index is 4.24. The predicted molar refractivity (Wildman–Crippen MR) is 275 cm³/mol. The Morgan fingerprint density at radius 2 is 0.547 bits per heavy atom. The molecule has 0 saturated heterocycles. The second-order valence-corrected chi connectivity index (χ2v) is 20.2. The molecule has 0 heterocycles. The number of unbranched alkanes of at least 4 members (excludes halogenated alkanes) is 39. The van der Waals surface area contributed by atoms with E-state index < -0.39 is 6.10 Å². The number of carbonyl (C=O) groups is 3. The van der Waals surface area contributed by atoms with E-state index in [4.69, 9.17) is 14.2 Å². The first kappa shape index (κ1) is 62.4. The molecule has 0 fully saturated rings. The first-order chi connectivity index (χ1) is 31.4. The van der Waals surface area contributed by atoms with E-state index >= 15 is 0 Å². The van der Waals surface area contributed by atoms with Gasteiger partial charge in [0.15, 0.2) is 6.10 Å². The quantitative estimate of drug-likeness (QED) is 0.0344. The zero-order valence-corrected chi connectivity index (χ0v) is 43.8. The number of ether oxygens (including phenoxy) is 3. The van der Waals surface area contributed by atoms with Gasteiger partial charge in [0.1, 0.15) is 13.2 Å². The van der Waals surface area contributed by atoms with Gasteiger partial charge in [0, 0.05) is 19.3 Å². The van der Waals surface area contributed by atoms with Crippen molar-refractivity contribution in [1.29, 1.82) is 0 Å². The molecule has 6 nitrogen and oxygen atoms in total. The summed E-state index contributed by atoms with van der Waals surface area (Å²) in [5, 5.41) is 0. The number of carbonyl (C=O) groups excluding carboxylic acids is 3. The Labute approximate surface area is 399 Å². The fraction of sp³-hybridized carbons (Fsp3) is 0.948. The minimum Gasteiger partial charge on any atom is -0.462 e. The van der Waals surface area contributed by atoms with Crippen LogP contribution >= 0.6 is 0 Å². The summed E-state index contributed by atoms with van der Waals surface area (Å²) >= 11 is 0. The molecule has 0 radical (unpaired) electrons. The van der Waals surface area contributed by atoms with E-state index in [1.54, 1.807) is 0 Å². The Kier molecular flexibility index (Phi) is 51.1. The number of hydrogen-bond donors (Lipinski definition) is 0. The molecule has 0 N–H and O–H groups in total. The van der Waals surface area contributed by atoms with Gasteiger partial charge in [-0.25, -0.2) is 0 Å². The molecular weight excluding hydrogens is 793 g/mol. The average molecular weight is 906 g/mol. The van der Waals surface area contributed by atoms with Gasteiger partial charge in [0.2, 0.25) is 0 Å². The summed E-state index contributed by atoms with van der Waals surface area (Å²) in [6, 6.07) is 0. The fourth-order valence-electron chi connectivity index (χ4n) is 8.89. The van der Waals surface area contributed by atoms with Crippen molar-refractivity contribution in [3.05, 3.63) is 0 Å². The summed E-state index contributed by atoms with van der Waals surface area (Å²) in [6.07, 6.45) is 56.6. The zero-order chi connectivity index (χ0) is 46.7. The first-order valence-corrected chi connectivity index (χ1v) is 28.9. The fourth-order valence-corrected chi connectivity index (χ4v) is 8.89.